The molecule has 0 bridgehead atoms. The van der Waals surface area contributed by atoms with Crippen LogP contribution in [0.4, 0.5) is 4.79 Å². The number of rotatable bonds is 2. The van der Waals surface area contributed by atoms with Gasteiger partial charge in [-0.3, -0.25) is 0 Å². The molecule has 80 valence electrons. The predicted molar refractivity (Wildman–Crippen MR) is 60.3 cm³/mol. The largest absolute Gasteiger partial charge is 0.336 e. The Morgan fingerprint density at radius 3 is 2.73 bits per heavy atom. The molecule has 1 N–H and O–H groups in total. The van der Waals surface area contributed by atoms with Gasteiger partial charge in [-0.2, -0.15) is 0 Å². The van der Waals surface area contributed by atoms with Crippen LogP contribution in [0.15, 0.2) is 18.2 Å². The zero-order chi connectivity index (χ0) is 10.8. The lowest BCUT2D eigenvalue weighted by molar-refractivity contribution is 0.215. The SMILES string of the molecule is O=C1NCCN1Cc1ccc(Cl)c(Cl)c1. The van der Waals surface area contributed by atoms with Crippen molar-refractivity contribution in [1.82, 2.24) is 10.2 Å². The maximum atomic E-state index is 11.3. The lowest BCUT2D eigenvalue weighted by Crippen LogP contribution is -2.27. The summed E-state index contributed by atoms with van der Waals surface area (Å²) < 4.78 is 0. The summed E-state index contributed by atoms with van der Waals surface area (Å²) in [6, 6.07) is 5.38. The molecular weight excluding hydrogens is 235 g/mol. The number of hydrogen-bond donors (Lipinski definition) is 1. The predicted octanol–water partition coefficient (Wildman–Crippen LogP) is 2.52. The van der Waals surface area contributed by atoms with Crippen molar-refractivity contribution in [3.63, 3.8) is 0 Å². The van der Waals surface area contributed by atoms with Gasteiger partial charge in [0.1, 0.15) is 0 Å². The average molecular weight is 245 g/mol. The Labute approximate surface area is 98.0 Å². The molecule has 1 heterocycles. The van der Waals surface area contributed by atoms with Gasteiger partial charge < -0.3 is 10.2 Å². The highest BCUT2D eigenvalue weighted by atomic mass is 35.5. The second-order valence-corrected chi connectivity index (χ2v) is 4.22. The minimum absolute atomic E-state index is 0.0268. The number of benzene rings is 1. The molecule has 3 nitrogen and oxygen atoms in total. The number of hydrogen-bond acceptors (Lipinski definition) is 1. The van der Waals surface area contributed by atoms with E-state index in [-0.39, 0.29) is 6.03 Å². The van der Waals surface area contributed by atoms with Gasteiger partial charge >= 0.3 is 6.03 Å². The summed E-state index contributed by atoms with van der Waals surface area (Å²) in [4.78, 5) is 13.0. The van der Waals surface area contributed by atoms with Crippen LogP contribution in [0, 0.1) is 0 Å². The summed E-state index contributed by atoms with van der Waals surface area (Å²) in [5, 5.41) is 3.80. The molecule has 15 heavy (non-hydrogen) atoms. The van der Waals surface area contributed by atoms with Gasteiger partial charge in [-0.1, -0.05) is 29.3 Å². The Balaban J connectivity index is 2.10. The van der Waals surface area contributed by atoms with Crippen LogP contribution in [0.2, 0.25) is 10.0 Å². The fourth-order valence-electron chi connectivity index (χ4n) is 1.52. The van der Waals surface area contributed by atoms with E-state index in [1.165, 1.54) is 0 Å². The van der Waals surface area contributed by atoms with E-state index in [0.717, 1.165) is 12.1 Å². The lowest BCUT2D eigenvalue weighted by atomic mass is 10.2. The quantitative estimate of drug-likeness (QED) is 0.853. The summed E-state index contributed by atoms with van der Waals surface area (Å²) in [7, 11) is 0. The molecule has 0 aliphatic carbocycles. The molecule has 2 amide bonds. The number of nitrogens with zero attached hydrogens (tertiary/aromatic N) is 1. The van der Waals surface area contributed by atoms with Gasteiger partial charge in [0, 0.05) is 19.6 Å². The van der Waals surface area contributed by atoms with Crippen molar-refractivity contribution in [3.05, 3.63) is 33.8 Å². The fraction of sp³-hybridized carbons (Fsp3) is 0.300. The summed E-state index contributed by atoms with van der Waals surface area (Å²) in [6.45, 7) is 2.02. The Morgan fingerprint density at radius 1 is 1.33 bits per heavy atom. The first-order valence-electron chi connectivity index (χ1n) is 4.63. The van der Waals surface area contributed by atoms with Crippen LogP contribution in [-0.2, 0) is 6.54 Å². The Kier molecular flexibility index (Phi) is 3.03. The van der Waals surface area contributed by atoms with E-state index in [4.69, 9.17) is 23.2 Å². The number of carbonyl (C=O) groups excluding carboxylic acids is 1. The van der Waals surface area contributed by atoms with E-state index < -0.39 is 0 Å². The topological polar surface area (TPSA) is 32.3 Å². The first-order valence-corrected chi connectivity index (χ1v) is 5.39. The summed E-state index contributed by atoms with van der Waals surface area (Å²) in [5.41, 5.74) is 0.987. The number of carbonyl (C=O) groups is 1. The molecule has 0 saturated carbocycles. The van der Waals surface area contributed by atoms with Crippen molar-refractivity contribution >= 4 is 29.2 Å². The molecule has 2 rings (SSSR count). The highest BCUT2D eigenvalue weighted by Gasteiger charge is 2.19. The molecule has 5 heteroatoms. The van der Waals surface area contributed by atoms with E-state index in [0.29, 0.717) is 23.1 Å². The third-order valence-electron chi connectivity index (χ3n) is 2.30. The van der Waals surface area contributed by atoms with Crippen LogP contribution < -0.4 is 5.32 Å². The highest BCUT2D eigenvalue weighted by molar-refractivity contribution is 6.42. The van der Waals surface area contributed by atoms with Gasteiger partial charge in [-0.15, -0.1) is 0 Å². The smallest absolute Gasteiger partial charge is 0.317 e. The zero-order valence-electron chi connectivity index (χ0n) is 7.96. The van der Waals surface area contributed by atoms with Gasteiger partial charge in [0.2, 0.25) is 0 Å². The normalized spacial score (nSPS) is 15.6. The van der Waals surface area contributed by atoms with Crippen LogP contribution >= 0.6 is 23.2 Å². The fourth-order valence-corrected chi connectivity index (χ4v) is 1.84. The van der Waals surface area contributed by atoms with E-state index in [2.05, 4.69) is 5.32 Å². The first-order chi connectivity index (χ1) is 7.16. The molecule has 1 aliphatic heterocycles. The molecular formula is C10H10Cl2N2O. The third-order valence-corrected chi connectivity index (χ3v) is 3.04. The zero-order valence-corrected chi connectivity index (χ0v) is 9.48. The van der Waals surface area contributed by atoms with Gasteiger partial charge in [-0.05, 0) is 17.7 Å². The van der Waals surface area contributed by atoms with Crippen molar-refractivity contribution in [2.45, 2.75) is 6.54 Å². The third kappa shape index (κ3) is 2.36. The molecule has 1 fully saturated rings. The van der Waals surface area contributed by atoms with Crippen molar-refractivity contribution in [2.24, 2.45) is 0 Å². The number of nitrogens with one attached hydrogen (secondary N) is 1. The Morgan fingerprint density at radius 2 is 2.13 bits per heavy atom. The molecule has 1 saturated heterocycles. The van der Waals surface area contributed by atoms with E-state index in [1.807, 2.05) is 6.07 Å². The highest BCUT2D eigenvalue weighted by Crippen LogP contribution is 2.23. The van der Waals surface area contributed by atoms with Crippen LogP contribution in [0.1, 0.15) is 5.56 Å². The maximum Gasteiger partial charge on any atom is 0.317 e. The Hall–Kier alpha value is -0.930. The molecule has 0 atom stereocenters. The van der Waals surface area contributed by atoms with Gasteiger partial charge in [0.05, 0.1) is 10.0 Å². The number of amides is 2. The minimum Gasteiger partial charge on any atom is -0.336 e. The van der Waals surface area contributed by atoms with E-state index in [1.54, 1.807) is 17.0 Å². The van der Waals surface area contributed by atoms with E-state index in [9.17, 15) is 4.79 Å². The van der Waals surface area contributed by atoms with Crippen molar-refractivity contribution in [2.75, 3.05) is 13.1 Å². The summed E-state index contributed by atoms with van der Waals surface area (Å²) in [6.07, 6.45) is 0. The standard InChI is InChI=1S/C10H10Cl2N2O/c11-8-2-1-7(5-9(8)12)6-14-4-3-13-10(14)15/h1-2,5H,3-4,6H2,(H,13,15). The molecule has 0 aromatic heterocycles. The van der Waals surface area contributed by atoms with Crippen LogP contribution in [-0.4, -0.2) is 24.0 Å². The second kappa shape index (κ2) is 4.29. The average Bonchev–Trinajstić information content (AvgIpc) is 2.59. The molecule has 1 aliphatic rings. The monoisotopic (exact) mass is 244 g/mol. The molecule has 1 aromatic carbocycles. The summed E-state index contributed by atoms with van der Waals surface area (Å²) >= 11 is 11.7. The molecule has 0 unspecified atom stereocenters. The van der Waals surface area contributed by atoms with Crippen molar-refractivity contribution in [1.29, 1.82) is 0 Å². The van der Waals surface area contributed by atoms with Crippen molar-refractivity contribution < 1.29 is 4.79 Å². The van der Waals surface area contributed by atoms with Crippen LogP contribution in [0.25, 0.3) is 0 Å². The van der Waals surface area contributed by atoms with Crippen molar-refractivity contribution in [3.8, 4) is 0 Å². The Bertz CT molecular complexity index is 395. The van der Waals surface area contributed by atoms with Gasteiger partial charge in [-0.25, -0.2) is 4.79 Å². The summed E-state index contributed by atoms with van der Waals surface area (Å²) in [5.74, 6) is 0. The first kappa shape index (κ1) is 10.6. The number of halogens is 2. The van der Waals surface area contributed by atoms with Crippen LogP contribution in [0.5, 0.6) is 0 Å². The molecule has 0 radical (unpaired) electrons. The second-order valence-electron chi connectivity index (χ2n) is 3.40. The number of urea groups is 1. The minimum atomic E-state index is -0.0268. The molecule has 0 spiro atoms. The molecule has 1 aromatic rings. The lowest BCUT2D eigenvalue weighted by Gasteiger charge is -2.14. The maximum absolute atomic E-state index is 11.3. The van der Waals surface area contributed by atoms with Gasteiger partial charge in [0.25, 0.3) is 0 Å². The van der Waals surface area contributed by atoms with E-state index >= 15 is 0 Å². The van der Waals surface area contributed by atoms with Gasteiger partial charge in [0.15, 0.2) is 0 Å². The van der Waals surface area contributed by atoms with Crippen LogP contribution in [0.3, 0.4) is 0 Å².